The van der Waals surface area contributed by atoms with Crippen molar-refractivity contribution in [2.24, 2.45) is 7.05 Å². The van der Waals surface area contributed by atoms with E-state index in [1.165, 1.54) is 0 Å². The molecule has 0 spiro atoms. The molecule has 1 rings (SSSR count). The highest BCUT2D eigenvalue weighted by Gasteiger charge is 2.22. The Bertz CT molecular complexity index is 319. The largest absolute Gasteiger partial charge is 0.306 e. The van der Waals surface area contributed by atoms with Crippen molar-refractivity contribution in [3.63, 3.8) is 0 Å². The van der Waals surface area contributed by atoms with Crippen LogP contribution in [-0.2, 0) is 11.8 Å². The SMILES string of the molecule is CC(C(CC=O)c1c#cn(C)n1)N(C)C. The lowest BCUT2D eigenvalue weighted by Gasteiger charge is -2.26. The summed E-state index contributed by atoms with van der Waals surface area (Å²) in [6, 6.07) is 3.23. The number of hydrogen-bond acceptors (Lipinski definition) is 3. The third kappa shape index (κ3) is 2.80. The summed E-state index contributed by atoms with van der Waals surface area (Å²) in [5.74, 6) is 0.0925. The molecule has 1 aromatic heterocycles. The highest BCUT2D eigenvalue weighted by Crippen LogP contribution is 2.21. The summed E-state index contributed by atoms with van der Waals surface area (Å²) in [5.41, 5.74) is 0.811. The van der Waals surface area contributed by atoms with Gasteiger partial charge >= 0.3 is 0 Å². The van der Waals surface area contributed by atoms with Crippen LogP contribution in [0.15, 0.2) is 0 Å². The van der Waals surface area contributed by atoms with Gasteiger partial charge in [-0.25, -0.2) is 4.68 Å². The summed E-state index contributed by atoms with van der Waals surface area (Å²) < 4.78 is 1.59. The summed E-state index contributed by atoms with van der Waals surface area (Å²) in [7, 11) is 5.79. The van der Waals surface area contributed by atoms with Crippen molar-refractivity contribution in [1.82, 2.24) is 14.7 Å². The average Bonchev–Trinajstić information content (AvgIpc) is 2.60. The number of aldehydes is 1. The molecule has 15 heavy (non-hydrogen) atoms. The fourth-order valence-corrected chi connectivity index (χ4v) is 1.52. The molecule has 0 aliphatic heterocycles. The Balaban J connectivity index is 2.86. The van der Waals surface area contributed by atoms with Crippen LogP contribution in [0.4, 0.5) is 0 Å². The van der Waals surface area contributed by atoms with Crippen LogP contribution in [0, 0.1) is 12.3 Å². The van der Waals surface area contributed by atoms with Crippen LogP contribution in [0.3, 0.4) is 0 Å². The molecule has 1 heterocycles. The van der Waals surface area contributed by atoms with E-state index in [1.54, 1.807) is 11.7 Å². The second kappa shape index (κ2) is 4.94. The first-order valence-electron chi connectivity index (χ1n) is 5.00. The summed E-state index contributed by atoms with van der Waals surface area (Å²) in [4.78, 5) is 12.7. The molecule has 4 nitrogen and oxygen atoms in total. The maximum Gasteiger partial charge on any atom is 0.120 e. The quantitative estimate of drug-likeness (QED) is 0.665. The predicted octanol–water partition coefficient (Wildman–Crippen LogP) is 0.643. The maximum absolute atomic E-state index is 10.6. The van der Waals surface area contributed by atoms with Gasteiger partial charge in [0.05, 0.1) is 0 Å². The number of aryl methyl sites for hydroxylation is 1. The smallest absolute Gasteiger partial charge is 0.120 e. The molecule has 0 fully saturated rings. The van der Waals surface area contributed by atoms with Gasteiger partial charge in [0, 0.05) is 31.6 Å². The lowest BCUT2D eigenvalue weighted by atomic mass is 9.94. The lowest BCUT2D eigenvalue weighted by molar-refractivity contribution is -0.108. The Morgan fingerprint density at radius 2 is 2.27 bits per heavy atom. The Morgan fingerprint density at radius 3 is 2.67 bits per heavy atom. The Labute approximate surface area is 90.9 Å². The molecule has 2 atom stereocenters. The van der Waals surface area contributed by atoms with E-state index in [2.05, 4.69) is 29.2 Å². The van der Waals surface area contributed by atoms with E-state index in [-0.39, 0.29) is 12.0 Å². The molecule has 1 aromatic rings. The van der Waals surface area contributed by atoms with Crippen molar-refractivity contribution >= 4 is 6.29 Å². The van der Waals surface area contributed by atoms with Gasteiger partial charge in [0.25, 0.3) is 0 Å². The molecular formula is C11H17N3O. The summed E-state index contributed by atoms with van der Waals surface area (Å²) in [6.07, 6.45) is 4.26. The number of carbonyl (C=O) groups is 1. The summed E-state index contributed by atoms with van der Waals surface area (Å²) in [5, 5.41) is 4.25. The summed E-state index contributed by atoms with van der Waals surface area (Å²) in [6.45, 7) is 2.08. The molecular weight excluding hydrogens is 190 g/mol. The van der Waals surface area contributed by atoms with E-state index in [0.717, 1.165) is 12.0 Å². The van der Waals surface area contributed by atoms with E-state index in [0.29, 0.717) is 6.42 Å². The van der Waals surface area contributed by atoms with Crippen LogP contribution >= 0.6 is 0 Å². The second-order valence-electron chi connectivity index (χ2n) is 3.96. The molecule has 0 N–H and O–H groups in total. The van der Waals surface area contributed by atoms with Crippen molar-refractivity contribution in [1.29, 1.82) is 0 Å². The number of nitrogens with zero attached hydrogens (tertiary/aromatic N) is 3. The molecule has 4 heteroatoms. The minimum Gasteiger partial charge on any atom is -0.306 e. The van der Waals surface area contributed by atoms with Crippen LogP contribution in [0.1, 0.15) is 25.0 Å². The van der Waals surface area contributed by atoms with Crippen LogP contribution in [-0.4, -0.2) is 41.1 Å². The minimum atomic E-state index is 0.0925. The van der Waals surface area contributed by atoms with E-state index < -0.39 is 0 Å². The first kappa shape index (κ1) is 11.7. The van der Waals surface area contributed by atoms with Gasteiger partial charge in [-0.3, -0.25) is 0 Å². The first-order valence-corrected chi connectivity index (χ1v) is 5.00. The van der Waals surface area contributed by atoms with Crippen LogP contribution in [0.25, 0.3) is 0 Å². The minimum absolute atomic E-state index is 0.0925. The zero-order chi connectivity index (χ0) is 11.4. The lowest BCUT2D eigenvalue weighted by Crippen LogP contribution is -2.31. The van der Waals surface area contributed by atoms with Gasteiger partial charge in [0.15, 0.2) is 0 Å². The highest BCUT2D eigenvalue weighted by molar-refractivity contribution is 5.51. The zero-order valence-corrected chi connectivity index (χ0v) is 9.69. The molecule has 0 saturated heterocycles. The van der Waals surface area contributed by atoms with Crippen molar-refractivity contribution in [2.45, 2.75) is 25.3 Å². The van der Waals surface area contributed by atoms with Crippen LogP contribution in [0.2, 0.25) is 0 Å². The Kier molecular flexibility index (Phi) is 3.87. The average molecular weight is 207 g/mol. The molecule has 2 unspecified atom stereocenters. The first-order chi connectivity index (χ1) is 7.06. The Hall–Kier alpha value is -1.34. The highest BCUT2D eigenvalue weighted by atomic mass is 16.1. The molecule has 0 amide bonds. The van der Waals surface area contributed by atoms with Gasteiger partial charge in [-0.15, -0.1) is 0 Å². The molecule has 0 saturated carbocycles. The van der Waals surface area contributed by atoms with Crippen molar-refractivity contribution in [3.05, 3.63) is 18.0 Å². The van der Waals surface area contributed by atoms with Gasteiger partial charge in [-0.1, -0.05) is 0 Å². The van der Waals surface area contributed by atoms with Gasteiger partial charge in [-0.05, 0) is 27.1 Å². The third-order valence-corrected chi connectivity index (χ3v) is 2.70. The van der Waals surface area contributed by atoms with E-state index in [4.69, 9.17) is 0 Å². The van der Waals surface area contributed by atoms with Gasteiger partial charge < -0.3 is 9.69 Å². The monoisotopic (exact) mass is 207 g/mol. The van der Waals surface area contributed by atoms with Gasteiger partial charge in [0.1, 0.15) is 12.0 Å². The summed E-state index contributed by atoms with van der Waals surface area (Å²) >= 11 is 0. The zero-order valence-electron chi connectivity index (χ0n) is 9.69. The normalized spacial score (nSPS) is 14.7. The molecule has 82 valence electrons. The topological polar surface area (TPSA) is 38.1 Å². The predicted molar refractivity (Wildman–Crippen MR) is 57.5 cm³/mol. The van der Waals surface area contributed by atoms with E-state index >= 15 is 0 Å². The van der Waals surface area contributed by atoms with Crippen LogP contribution in [0.5, 0.6) is 0 Å². The number of carbonyl (C=O) groups excluding carboxylic acids is 1. The number of aromatic nitrogens is 2. The fraction of sp³-hybridized carbons (Fsp3) is 0.636. The maximum atomic E-state index is 10.6. The number of rotatable bonds is 5. The van der Waals surface area contributed by atoms with Crippen molar-refractivity contribution < 1.29 is 4.79 Å². The van der Waals surface area contributed by atoms with E-state index in [1.807, 2.05) is 14.1 Å². The third-order valence-electron chi connectivity index (χ3n) is 2.70. The molecule has 0 aliphatic carbocycles. The second-order valence-corrected chi connectivity index (χ2v) is 3.96. The van der Waals surface area contributed by atoms with Crippen LogP contribution < -0.4 is 0 Å². The van der Waals surface area contributed by atoms with Gasteiger partial charge in [-0.2, -0.15) is 5.10 Å². The standard InChI is InChI=1S/C11H17N3O/c1-9(13(2)3)10(6-8-15)11-5-7-14(4)12-11/h8-10H,6H2,1-4H3. The van der Waals surface area contributed by atoms with E-state index in [9.17, 15) is 4.79 Å². The van der Waals surface area contributed by atoms with Gasteiger partial charge in [0.2, 0.25) is 0 Å². The molecule has 0 radical (unpaired) electrons. The Morgan fingerprint density at radius 1 is 1.60 bits per heavy atom. The fourth-order valence-electron chi connectivity index (χ4n) is 1.52. The molecule has 0 aliphatic rings. The molecule has 0 bridgehead atoms. The molecule has 0 aromatic carbocycles. The van der Waals surface area contributed by atoms with Crippen molar-refractivity contribution in [2.75, 3.05) is 14.1 Å². The van der Waals surface area contributed by atoms with Crippen molar-refractivity contribution in [3.8, 4) is 0 Å². The number of likely N-dealkylation sites (N-methyl/N-ethyl adjacent to an activating group) is 1. The number of hydrogen-bond donors (Lipinski definition) is 0.